The molecule has 3 rings (SSSR count). The van der Waals surface area contributed by atoms with Crippen LogP contribution in [0.1, 0.15) is 29.2 Å². The molecule has 0 fully saturated rings. The van der Waals surface area contributed by atoms with Crippen LogP contribution in [0.5, 0.6) is 5.75 Å². The molecule has 1 aliphatic rings. The predicted octanol–water partition coefficient (Wildman–Crippen LogP) is 2.95. The van der Waals surface area contributed by atoms with Crippen LogP contribution in [0, 0.1) is 0 Å². The second-order valence-corrected chi connectivity index (χ2v) is 5.64. The molecule has 0 amide bonds. The number of aryl methyl sites for hydroxylation is 1. The normalized spacial score (nSPS) is 18.3. The highest BCUT2D eigenvalue weighted by Crippen LogP contribution is 2.34. The zero-order chi connectivity index (χ0) is 14.7. The molecule has 1 heterocycles. The van der Waals surface area contributed by atoms with Crippen LogP contribution in [0.25, 0.3) is 0 Å². The number of methoxy groups -OCH3 is 1. The summed E-state index contributed by atoms with van der Waals surface area (Å²) in [5.41, 5.74) is 3.99. The fraction of sp³-hybridized carbons (Fsp3) is 0.389. The summed E-state index contributed by atoms with van der Waals surface area (Å²) in [5, 5.41) is 3.49. The molecule has 1 aromatic carbocycles. The van der Waals surface area contributed by atoms with Crippen LogP contribution in [-0.4, -0.2) is 25.2 Å². The Hall–Kier alpha value is -1.87. The van der Waals surface area contributed by atoms with Crippen LogP contribution in [0.2, 0.25) is 0 Å². The molecule has 3 nitrogen and oxygen atoms in total. The van der Waals surface area contributed by atoms with Crippen molar-refractivity contribution >= 4 is 0 Å². The van der Waals surface area contributed by atoms with E-state index in [1.54, 1.807) is 7.11 Å². The molecule has 110 valence electrons. The van der Waals surface area contributed by atoms with E-state index in [0.29, 0.717) is 12.0 Å². The van der Waals surface area contributed by atoms with Gasteiger partial charge >= 0.3 is 0 Å². The molecule has 0 saturated carbocycles. The Labute approximate surface area is 126 Å². The SMILES string of the molecule is CNC(Cc1cccc(OC)c1)C1CCc2cccnc21. The van der Waals surface area contributed by atoms with Gasteiger partial charge in [-0.2, -0.15) is 0 Å². The van der Waals surface area contributed by atoms with Gasteiger partial charge in [0, 0.05) is 23.9 Å². The second kappa shape index (κ2) is 6.27. The van der Waals surface area contributed by atoms with Gasteiger partial charge in [0.1, 0.15) is 5.75 Å². The summed E-state index contributed by atoms with van der Waals surface area (Å²) in [4.78, 5) is 4.62. The second-order valence-electron chi connectivity index (χ2n) is 5.64. The third kappa shape index (κ3) is 2.93. The molecule has 0 saturated heterocycles. The summed E-state index contributed by atoms with van der Waals surface area (Å²) in [5.74, 6) is 1.42. The monoisotopic (exact) mass is 282 g/mol. The summed E-state index contributed by atoms with van der Waals surface area (Å²) in [6.45, 7) is 0. The Kier molecular flexibility index (Phi) is 4.20. The van der Waals surface area contributed by atoms with Gasteiger partial charge in [0.25, 0.3) is 0 Å². The molecule has 2 aromatic rings. The van der Waals surface area contributed by atoms with Crippen molar-refractivity contribution in [2.45, 2.75) is 31.2 Å². The van der Waals surface area contributed by atoms with Gasteiger partial charge in [-0.25, -0.2) is 0 Å². The molecule has 21 heavy (non-hydrogen) atoms. The Balaban J connectivity index is 1.80. The van der Waals surface area contributed by atoms with E-state index >= 15 is 0 Å². The van der Waals surface area contributed by atoms with E-state index in [1.165, 1.54) is 23.2 Å². The number of nitrogens with one attached hydrogen (secondary N) is 1. The number of benzene rings is 1. The molecule has 3 heteroatoms. The van der Waals surface area contributed by atoms with E-state index in [-0.39, 0.29) is 0 Å². The number of nitrogens with zero attached hydrogens (tertiary/aromatic N) is 1. The van der Waals surface area contributed by atoms with Crippen molar-refractivity contribution < 1.29 is 4.74 Å². The molecular weight excluding hydrogens is 260 g/mol. The van der Waals surface area contributed by atoms with Crippen LogP contribution in [0.4, 0.5) is 0 Å². The first-order valence-electron chi connectivity index (χ1n) is 7.56. The Morgan fingerprint density at radius 2 is 2.24 bits per heavy atom. The molecule has 2 unspecified atom stereocenters. The van der Waals surface area contributed by atoms with Gasteiger partial charge in [-0.1, -0.05) is 18.2 Å². The standard InChI is InChI=1S/C18H22N2O/c1-19-17(12-13-5-3-7-15(11-13)21-2)16-9-8-14-6-4-10-20-18(14)16/h3-7,10-11,16-17,19H,8-9,12H2,1-2H3. The molecule has 1 aliphatic carbocycles. The van der Waals surface area contributed by atoms with Crippen molar-refractivity contribution in [3.8, 4) is 5.75 Å². The van der Waals surface area contributed by atoms with Crippen LogP contribution in [0.3, 0.4) is 0 Å². The first kappa shape index (κ1) is 14.1. The van der Waals surface area contributed by atoms with Crippen LogP contribution in [0.15, 0.2) is 42.6 Å². The highest BCUT2D eigenvalue weighted by Gasteiger charge is 2.30. The molecule has 0 aliphatic heterocycles. The van der Waals surface area contributed by atoms with E-state index in [0.717, 1.165) is 18.6 Å². The maximum absolute atomic E-state index is 5.32. The number of hydrogen-bond donors (Lipinski definition) is 1. The van der Waals surface area contributed by atoms with E-state index < -0.39 is 0 Å². The maximum atomic E-state index is 5.32. The first-order valence-corrected chi connectivity index (χ1v) is 7.56. The van der Waals surface area contributed by atoms with Crippen LogP contribution in [-0.2, 0) is 12.8 Å². The summed E-state index contributed by atoms with van der Waals surface area (Å²) in [7, 11) is 3.76. The zero-order valence-corrected chi connectivity index (χ0v) is 12.7. The lowest BCUT2D eigenvalue weighted by atomic mass is 9.91. The molecule has 0 radical (unpaired) electrons. The summed E-state index contributed by atoms with van der Waals surface area (Å²) in [6, 6.07) is 13.0. The minimum absolute atomic E-state index is 0.410. The minimum atomic E-state index is 0.410. The van der Waals surface area contributed by atoms with Crippen LogP contribution >= 0.6 is 0 Å². The quantitative estimate of drug-likeness (QED) is 0.915. The lowest BCUT2D eigenvalue weighted by molar-refractivity contribution is 0.412. The highest BCUT2D eigenvalue weighted by molar-refractivity contribution is 5.33. The topological polar surface area (TPSA) is 34.1 Å². The predicted molar refractivity (Wildman–Crippen MR) is 84.8 cm³/mol. The Morgan fingerprint density at radius 3 is 3.05 bits per heavy atom. The first-order chi connectivity index (χ1) is 10.3. The zero-order valence-electron chi connectivity index (χ0n) is 12.7. The average molecular weight is 282 g/mol. The Bertz CT molecular complexity index is 612. The van der Waals surface area contributed by atoms with Gasteiger partial charge in [-0.3, -0.25) is 4.98 Å². The molecule has 1 aromatic heterocycles. The number of rotatable bonds is 5. The van der Waals surface area contributed by atoms with Crippen molar-refractivity contribution in [3.05, 3.63) is 59.4 Å². The van der Waals surface area contributed by atoms with Gasteiger partial charge < -0.3 is 10.1 Å². The fourth-order valence-corrected chi connectivity index (χ4v) is 3.33. The van der Waals surface area contributed by atoms with Gasteiger partial charge in [-0.15, -0.1) is 0 Å². The van der Waals surface area contributed by atoms with E-state index in [4.69, 9.17) is 4.74 Å². The van der Waals surface area contributed by atoms with Crippen molar-refractivity contribution in [2.24, 2.45) is 0 Å². The van der Waals surface area contributed by atoms with Crippen molar-refractivity contribution in [3.63, 3.8) is 0 Å². The average Bonchev–Trinajstić information content (AvgIpc) is 2.97. The number of hydrogen-bond acceptors (Lipinski definition) is 3. The van der Waals surface area contributed by atoms with Crippen molar-refractivity contribution in [2.75, 3.05) is 14.2 Å². The van der Waals surface area contributed by atoms with E-state index in [2.05, 4.69) is 34.6 Å². The largest absolute Gasteiger partial charge is 0.497 e. The molecule has 0 spiro atoms. The summed E-state index contributed by atoms with van der Waals surface area (Å²) >= 11 is 0. The van der Waals surface area contributed by atoms with E-state index in [9.17, 15) is 0 Å². The molecule has 2 atom stereocenters. The van der Waals surface area contributed by atoms with Crippen molar-refractivity contribution in [1.29, 1.82) is 0 Å². The number of fused-ring (bicyclic) bond motifs is 1. The van der Waals surface area contributed by atoms with Gasteiger partial charge in [0.05, 0.1) is 7.11 Å². The minimum Gasteiger partial charge on any atom is -0.497 e. The fourth-order valence-electron chi connectivity index (χ4n) is 3.33. The van der Waals surface area contributed by atoms with Crippen molar-refractivity contribution in [1.82, 2.24) is 10.3 Å². The smallest absolute Gasteiger partial charge is 0.119 e. The van der Waals surface area contributed by atoms with E-state index in [1.807, 2.05) is 25.4 Å². The number of likely N-dealkylation sites (N-methyl/N-ethyl adjacent to an activating group) is 1. The van der Waals surface area contributed by atoms with Gasteiger partial charge in [0.2, 0.25) is 0 Å². The van der Waals surface area contributed by atoms with Gasteiger partial charge in [-0.05, 0) is 55.6 Å². The lowest BCUT2D eigenvalue weighted by Gasteiger charge is -2.23. The number of pyridine rings is 1. The third-order valence-electron chi connectivity index (χ3n) is 4.45. The summed E-state index contributed by atoms with van der Waals surface area (Å²) < 4.78 is 5.32. The number of aromatic nitrogens is 1. The highest BCUT2D eigenvalue weighted by atomic mass is 16.5. The van der Waals surface area contributed by atoms with Crippen LogP contribution < -0.4 is 10.1 Å². The number of ether oxygens (including phenoxy) is 1. The molecule has 1 N–H and O–H groups in total. The van der Waals surface area contributed by atoms with Gasteiger partial charge in [0.15, 0.2) is 0 Å². The Morgan fingerprint density at radius 1 is 1.33 bits per heavy atom. The maximum Gasteiger partial charge on any atom is 0.119 e. The molecule has 0 bridgehead atoms. The third-order valence-corrected chi connectivity index (χ3v) is 4.45. The summed E-state index contributed by atoms with van der Waals surface area (Å²) in [6.07, 6.45) is 5.23. The lowest BCUT2D eigenvalue weighted by Crippen LogP contribution is -2.33. The molecular formula is C18H22N2O.